The van der Waals surface area contributed by atoms with E-state index in [4.69, 9.17) is 0 Å². The molecule has 2 amide bonds. The first-order valence-electron chi connectivity index (χ1n) is 7.27. The van der Waals surface area contributed by atoms with Crippen LogP contribution >= 0.6 is 0 Å². The zero-order chi connectivity index (χ0) is 15.9. The van der Waals surface area contributed by atoms with Gasteiger partial charge in [0.1, 0.15) is 0 Å². The molecular weight excluding hydrogens is 282 g/mol. The molecule has 3 atom stereocenters. The van der Waals surface area contributed by atoms with E-state index in [1.807, 2.05) is 19.1 Å². The van der Waals surface area contributed by atoms with Crippen LogP contribution in [-0.2, 0) is 14.3 Å². The molecule has 1 saturated heterocycles. The van der Waals surface area contributed by atoms with Crippen LogP contribution in [-0.4, -0.2) is 24.9 Å². The Balaban J connectivity index is 1.91. The second-order valence-corrected chi connectivity index (χ2v) is 5.71. The van der Waals surface area contributed by atoms with Crippen molar-refractivity contribution in [1.29, 1.82) is 0 Å². The van der Waals surface area contributed by atoms with Crippen LogP contribution in [0.2, 0.25) is 0 Å². The van der Waals surface area contributed by atoms with Gasteiger partial charge >= 0.3 is 5.97 Å². The number of anilines is 1. The van der Waals surface area contributed by atoms with Gasteiger partial charge in [0.25, 0.3) is 0 Å². The average Bonchev–Trinajstić information content (AvgIpc) is 2.79. The highest BCUT2D eigenvalue weighted by atomic mass is 16.5. The minimum atomic E-state index is -0.447. The fourth-order valence-electron chi connectivity index (χ4n) is 3.27. The first-order chi connectivity index (χ1) is 10.5. The number of methoxy groups -OCH3 is 1. The van der Waals surface area contributed by atoms with E-state index < -0.39 is 5.97 Å². The summed E-state index contributed by atoms with van der Waals surface area (Å²) in [6.07, 6.45) is 4.58. The largest absolute Gasteiger partial charge is 0.465 e. The van der Waals surface area contributed by atoms with Crippen molar-refractivity contribution in [3.8, 4) is 0 Å². The molecule has 1 aromatic rings. The highest BCUT2D eigenvalue weighted by molar-refractivity contribution is 6.22. The summed E-state index contributed by atoms with van der Waals surface area (Å²) in [7, 11) is 1.31. The molecule has 1 aromatic carbocycles. The van der Waals surface area contributed by atoms with Crippen LogP contribution in [0.3, 0.4) is 0 Å². The second-order valence-electron chi connectivity index (χ2n) is 5.71. The molecule has 1 heterocycles. The molecule has 2 aliphatic rings. The molecule has 22 heavy (non-hydrogen) atoms. The Morgan fingerprint density at radius 2 is 1.86 bits per heavy atom. The zero-order valence-corrected chi connectivity index (χ0v) is 12.5. The number of amides is 2. The van der Waals surface area contributed by atoms with E-state index in [0.29, 0.717) is 17.7 Å². The second kappa shape index (κ2) is 5.40. The molecular formula is C17H17NO4. The molecule has 0 aromatic heterocycles. The maximum absolute atomic E-state index is 12.6. The van der Waals surface area contributed by atoms with Crippen molar-refractivity contribution in [3.05, 3.63) is 42.0 Å². The van der Waals surface area contributed by atoms with Gasteiger partial charge in [-0.15, -0.1) is 0 Å². The molecule has 114 valence electrons. The number of carbonyl (C=O) groups is 3. The number of benzene rings is 1. The lowest BCUT2D eigenvalue weighted by atomic mass is 9.78. The third-order valence-electron chi connectivity index (χ3n) is 4.42. The molecule has 0 unspecified atom stereocenters. The fraction of sp³-hybridized carbons (Fsp3) is 0.353. The molecule has 1 aliphatic carbocycles. The Labute approximate surface area is 128 Å². The Kier molecular flexibility index (Phi) is 3.56. The van der Waals surface area contributed by atoms with Crippen LogP contribution in [0, 0.1) is 17.8 Å². The SMILES string of the molecule is COC(=O)c1ccc(N2C(=O)[C@H]3[C@H](C)C=CC[C@H]3C2=O)cc1. The van der Waals surface area contributed by atoms with Crippen molar-refractivity contribution in [2.45, 2.75) is 13.3 Å². The molecule has 0 N–H and O–H groups in total. The molecule has 3 rings (SSSR count). The van der Waals surface area contributed by atoms with E-state index in [0.717, 1.165) is 0 Å². The summed E-state index contributed by atoms with van der Waals surface area (Å²) < 4.78 is 4.64. The minimum Gasteiger partial charge on any atom is -0.465 e. The van der Waals surface area contributed by atoms with Crippen molar-refractivity contribution in [3.63, 3.8) is 0 Å². The Morgan fingerprint density at radius 3 is 2.45 bits per heavy atom. The van der Waals surface area contributed by atoms with Gasteiger partial charge < -0.3 is 4.74 Å². The number of esters is 1. The molecule has 0 radical (unpaired) electrons. The van der Waals surface area contributed by atoms with Crippen LogP contribution < -0.4 is 4.90 Å². The molecule has 1 aliphatic heterocycles. The van der Waals surface area contributed by atoms with Gasteiger partial charge in [0.2, 0.25) is 11.8 Å². The van der Waals surface area contributed by atoms with Crippen molar-refractivity contribution in [1.82, 2.24) is 0 Å². The third-order valence-corrected chi connectivity index (χ3v) is 4.42. The van der Waals surface area contributed by atoms with Crippen LogP contribution in [0.15, 0.2) is 36.4 Å². The summed E-state index contributed by atoms with van der Waals surface area (Å²) in [5, 5.41) is 0. The summed E-state index contributed by atoms with van der Waals surface area (Å²) >= 11 is 0. The van der Waals surface area contributed by atoms with Crippen molar-refractivity contribution >= 4 is 23.5 Å². The van der Waals surface area contributed by atoms with Crippen LogP contribution in [0.4, 0.5) is 5.69 Å². The average molecular weight is 299 g/mol. The molecule has 1 fully saturated rings. The number of rotatable bonds is 2. The molecule has 0 spiro atoms. The number of allylic oxidation sites excluding steroid dienone is 2. The van der Waals surface area contributed by atoms with E-state index in [-0.39, 0.29) is 29.6 Å². The summed E-state index contributed by atoms with van der Waals surface area (Å²) in [4.78, 5) is 37.9. The number of imide groups is 1. The Bertz CT molecular complexity index is 662. The van der Waals surface area contributed by atoms with Crippen LogP contribution in [0.25, 0.3) is 0 Å². The quantitative estimate of drug-likeness (QED) is 0.477. The maximum atomic E-state index is 12.6. The lowest BCUT2D eigenvalue weighted by molar-refractivity contribution is -0.122. The zero-order valence-electron chi connectivity index (χ0n) is 12.5. The van der Waals surface area contributed by atoms with Gasteiger partial charge in [0.15, 0.2) is 0 Å². The molecule has 0 bridgehead atoms. The van der Waals surface area contributed by atoms with Gasteiger partial charge in [-0.05, 0) is 36.6 Å². The van der Waals surface area contributed by atoms with Gasteiger partial charge in [-0.2, -0.15) is 0 Å². The summed E-state index contributed by atoms with van der Waals surface area (Å²) in [5.74, 6) is -1.24. The highest BCUT2D eigenvalue weighted by Gasteiger charge is 2.50. The lowest BCUT2D eigenvalue weighted by Crippen LogP contribution is -2.31. The lowest BCUT2D eigenvalue weighted by Gasteiger charge is -2.22. The monoisotopic (exact) mass is 299 g/mol. The van der Waals surface area contributed by atoms with Crippen molar-refractivity contribution in [2.75, 3.05) is 12.0 Å². The van der Waals surface area contributed by atoms with Gasteiger partial charge in [-0.3, -0.25) is 14.5 Å². The van der Waals surface area contributed by atoms with Gasteiger partial charge in [0, 0.05) is 0 Å². The normalized spacial score (nSPS) is 27.0. The summed E-state index contributed by atoms with van der Waals surface area (Å²) in [6.45, 7) is 1.96. The number of ether oxygens (including phenoxy) is 1. The molecule has 0 saturated carbocycles. The van der Waals surface area contributed by atoms with E-state index in [1.165, 1.54) is 12.0 Å². The highest BCUT2D eigenvalue weighted by Crippen LogP contribution is 2.40. The van der Waals surface area contributed by atoms with E-state index >= 15 is 0 Å². The van der Waals surface area contributed by atoms with Crippen molar-refractivity contribution < 1.29 is 19.1 Å². The van der Waals surface area contributed by atoms with E-state index in [2.05, 4.69) is 4.74 Å². The predicted octanol–water partition coefficient (Wildman–Crippen LogP) is 2.17. The maximum Gasteiger partial charge on any atom is 0.337 e. The first kappa shape index (κ1) is 14.5. The van der Waals surface area contributed by atoms with E-state index in [1.54, 1.807) is 24.3 Å². The number of carbonyl (C=O) groups excluding carboxylic acids is 3. The summed E-state index contributed by atoms with van der Waals surface area (Å²) in [6, 6.07) is 6.34. The summed E-state index contributed by atoms with van der Waals surface area (Å²) in [5.41, 5.74) is 0.891. The fourth-order valence-corrected chi connectivity index (χ4v) is 3.27. The number of nitrogens with zero attached hydrogens (tertiary/aromatic N) is 1. The van der Waals surface area contributed by atoms with Crippen LogP contribution in [0.1, 0.15) is 23.7 Å². The third kappa shape index (κ3) is 2.13. The minimum absolute atomic E-state index is 0.0644. The van der Waals surface area contributed by atoms with Gasteiger partial charge in [-0.25, -0.2) is 4.79 Å². The van der Waals surface area contributed by atoms with Crippen molar-refractivity contribution in [2.24, 2.45) is 17.8 Å². The number of hydrogen-bond donors (Lipinski definition) is 0. The molecule has 5 heteroatoms. The first-order valence-corrected chi connectivity index (χ1v) is 7.27. The predicted molar refractivity (Wildman–Crippen MR) is 80.2 cm³/mol. The number of fused-ring (bicyclic) bond motifs is 1. The Hall–Kier alpha value is -2.43. The Morgan fingerprint density at radius 1 is 1.18 bits per heavy atom. The molecule has 5 nitrogen and oxygen atoms in total. The smallest absolute Gasteiger partial charge is 0.337 e. The number of hydrogen-bond acceptors (Lipinski definition) is 4. The van der Waals surface area contributed by atoms with Gasteiger partial charge in [-0.1, -0.05) is 19.1 Å². The van der Waals surface area contributed by atoms with Crippen LogP contribution in [0.5, 0.6) is 0 Å². The van der Waals surface area contributed by atoms with Gasteiger partial charge in [0.05, 0.1) is 30.2 Å². The topological polar surface area (TPSA) is 63.7 Å². The van der Waals surface area contributed by atoms with E-state index in [9.17, 15) is 14.4 Å². The standard InChI is InChI=1S/C17H17NO4/c1-10-4-3-5-13-14(10)16(20)18(15(13)19)12-8-6-11(7-9-12)17(21)22-2/h3-4,6-10,13-14H,5H2,1-2H3/t10-,13-,14+/m1/s1.